The number of hydrogen-bond acceptors (Lipinski definition) is 5. The number of aromatic nitrogens is 2. The average Bonchev–Trinajstić information content (AvgIpc) is 2.41. The van der Waals surface area contributed by atoms with E-state index in [0.29, 0.717) is 32.9 Å². The Hall–Kier alpha value is -1.24. The van der Waals surface area contributed by atoms with E-state index in [0.717, 1.165) is 24.2 Å². The molecule has 0 unspecified atom stereocenters. The molecule has 6 nitrogen and oxygen atoms in total. The molecule has 18 heavy (non-hydrogen) atoms. The molecule has 0 fully saturated rings. The second-order valence-corrected chi connectivity index (χ2v) is 4.20. The highest BCUT2D eigenvalue weighted by Crippen LogP contribution is 2.05. The summed E-state index contributed by atoms with van der Waals surface area (Å²) < 4.78 is 11.9. The van der Waals surface area contributed by atoms with Crippen molar-refractivity contribution in [1.82, 2.24) is 14.9 Å². The quantitative estimate of drug-likeness (QED) is 0.696. The van der Waals surface area contributed by atoms with E-state index in [1.807, 2.05) is 0 Å². The first-order valence-corrected chi connectivity index (χ1v) is 6.17. The molecule has 0 spiro atoms. The highest BCUT2D eigenvalue weighted by Gasteiger charge is 2.14. The van der Waals surface area contributed by atoms with E-state index in [9.17, 15) is 4.79 Å². The lowest BCUT2D eigenvalue weighted by Gasteiger charge is -2.16. The molecule has 0 bridgehead atoms. The Kier molecular flexibility index (Phi) is 4.86. The van der Waals surface area contributed by atoms with E-state index in [1.54, 1.807) is 18.0 Å². The second-order valence-electron chi connectivity index (χ2n) is 4.20. The number of rotatable bonds is 6. The van der Waals surface area contributed by atoms with Gasteiger partial charge in [-0.05, 0) is 13.0 Å². The van der Waals surface area contributed by atoms with Crippen LogP contribution in [0, 0.1) is 0 Å². The number of fused-ring (bicyclic) bond motifs is 1. The molecule has 0 amide bonds. The van der Waals surface area contributed by atoms with Gasteiger partial charge in [-0.3, -0.25) is 9.36 Å². The standard InChI is InChI=1S/C12H19N3O3/c1-17-6-7-18-5-4-15-9-14-11-8-13-3-2-10(11)12(15)16/h9,13H,2-8H2,1H3. The van der Waals surface area contributed by atoms with Gasteiger partial charge in [-0.15, -0.1) is 0 Å². The van der Waals surface area contributed by atoms with Crippen molar-refractivity contribution in [2.45, 2.75) is 19.5 Å². The number of hydrogen-bond donors (Lipinski definition) is 1. The lowest BCUT2D eigenvalue weighted by Crippen LogP contribution is -2.34. The summed E-state index contributed by atoms with van der Waals surface area (Å²) in [4.78, 5) is 16.5. The zero-order chi connectivity index (χ0) is 12.8. The fourth-order valence-electron chi connectivity index (χ4n) is 1.96. The van der Waals surface area contributed by atoms with Crippen molar-refractivity contribution in [3.8, 4) is 0 Å². The van der Waals surface area contributed by atoms with E-state index in [4.69, 9.17) is 9.47 Å². The summed E-state index contributed by atoms with van der Waals surface area (Å²) in [6, 6.07) is 0. The van der Waals surface area contributed by atoms with Crippen LogP contribution >= 0.6 is 0 Å². The molecule has 2 heterocycles. The topological polar surface area (TPSA) is 65.4 Å². The Bertz CT molecular complexity index is 445. The first-order valence-electron chi connectivity index (χ1n) is 6.17. The minimum atomic E-state index is 0.0665. The summed E-state index contributed by atoms with van der Waals surface area (Å²) in [6.07, 6.45) is 2.36. The normalized spacial score (nSPS) is 14.5. The van der Waals surface area contributed by atoms with Crippen molar-refractivity contribution in [1.29, 1.82) is 0 Å². The van der Waals surface area contributed by atoms with Gasteiger partial charge in [-0.1, -0.05) is 0 Å². The Morgan fingerprint density at radius 1 is 1.44 bits per heavy atom. The Morgan fingerprint density at radius 3 is 3.17 bits per heavy atom. The molecule has 6 heteroatoms. The van der Waals surface area contributed by atoms with E-state index in [-0.39, 0.29) is 5.56 Å². The molecule has 0 saturated carbocycles. The zero-order valence-corrected chi connectivity index (χ0v) is 10.6. The van der Waals surface area contributed by atoms with Gasteiger partial charge >= 0.3 is 0 Å². The van der Waals surface area contributed by atoms with Crippen LogP contribution in [-0.2, 0) is 29.0 Å². The maximum atomic E-state index is 12.1. The molecular weight excluding hydrogens is 234 g/mol. The molecule has 1 aromatic heterocycles. The van der Waals surface area contributed by atoms with Crippen LogP contribution in [0.2, 0.25) is 0 Å². The van der Waals surface area contributed by atoms with Gasteiger partial charge in [0.25, 0.3) is 5.56 Å². The minimum absolute atomic E-state index is 0.0665. The maximum absolute atomic E-state index is 12.1. The third-order valence-corrected chi connectivity index (χ3v) is 2.97. The smallest absolute Gasteiger partial charge is 0.256 e. The predicted molar refractivity (Wildman–Crippen MR) is 66.6 cm³/mol. The van der Waals surface area contributed by atoms with E-state index in [2.05, 4.69) is 10.3 Å². The van der Waals surface area contributed by atoms with Crippen LogP contribution in [0.15, 0.2) is 11.1 Å². The first kappa shape index (κ1) is 13.2. The molecule has 1 aromatic rings. The molecule has 0 atom stereocenters. The first-order chi connectivity index (χ1) is 8.83. The molecular formula is C12H19N3O3. The summed E-state index contributed by atoms with van der Waals surface area (Å²) in [5.74, 6) is 0. The molecule has 0 saturated heterocycles. The van der Waals surface area contributed by atoms with Crippen LogP contribution in [-0.4, -0.2) is 43.0 Å². The molecule has 1 N–H and O–H groups in total. The number of methoxy groups -OCH3 is 1. The minimum Gasteiger partial charge on any atom is -0.382 e. The van der Waals surface area contributed by atoms with Crippen molar-refractivity contribution in [2.24, 2.45) is 0 Å². The van der Waals surface area contributed by atoms with Crippen LogP contribution in [0.5, 0.6) is 0 Å². The monoisotopic (exact) mass is 253 g/mol. The SMILES string of the molecule is COCCOCCn1cnc2c(c1=O)CCNC2. The highest BCUT2D eigenvalue weighted by atomic mass is 16.5. The Morgan fingerprint density at radius 2 is 2.33 bits per heavy atom. The Balaban J connectivity index is 1.95. The second kappa shape index (κ2) is 6.63. The van der Waals surface area contributed by atoms with E-state index in [1.165, 1.54) is 0 Å². The maximum Gasteiger partial charge on any atom is 0.256 e. The fraction of sp³-hybridized carbons (Fsp3) is 0.667. The molecule has 2 rings (SSSR count). The van der Waals surface area contributed by atoms with Gasteiger partial charge in [0.05, 0.1) is 38.4 Å². The summed E-state index contributed by atoms with van der Waals surface area (Å²) >= 11 is 0. The molecule has 100 valence electrons. The van der Waals surface area contributed by atoms with Crippen LogP contribution in [0.1, 0.15) is 11.3 Å². The van der Waals surface area contributed by atoms with Crippen molar-refractivity contribution >= 4 is 0 Å². The van der Waals surface area contributed by atoms with E-state index >= 15 is 0 Å². The van der Waals surface area contributed by atoms with Crippen LogP contribution < -0.4 is 10.9 Å². The summed E-state index contributed by atoms with van der Waals surface area (Å²) in [7, 11) is 1.63. The van der Waals surface area contributed by atoms with Crippen molar-refractivity contribution in [2.75, 3.05) is 33.5 Å². The van der Waals surface area contributed by atoms with Gasteiger partial charge in [0, 0.05) is 19.2 Å². The molecule has 0 radical (unpaired) electrons. The predicted octanol–water partition coefficient (Wildman–Crippen LogP) is -0.448. The number of ether oxygens (including phenoxy) is 2. The third kappa shape index (κ3) is 3.16. The molecule has 1 aliphatic heterocycles. The van der Waals surface area contributed by atoms with Crippen LogP contribution in [0.3, 0.4) is 0 Å². The molecule has 0 aliphatic carbocycles. The average molecular weight is 253 g/mol. The molecule has 0 aromatic carbocycles. The van der Waals surface area contributed by atoms with Gasteiger partial charge in [0.15, 0.2) is 0 Å². The third-order valence-electron chi connectivity index (χ3n) is 2.97. The summed E-state index contributed by atoms with van der Waals surface area (Å²) in [6.45, 7) is 3.70. The van der Waals surface area contributed by atoms with Crippen molar-refractivity contribution in [3.05, 3.63) is 27.9 Å². The fourth-order valence-corrected chi connectivity index (χ4v) is 1.96. The van der Waals surface area contributed by atoms with Gasteiger partial charge in [-0.2, -0.15) is 0 Å². The number of nitrogens with zero attached hydrogens (tertiary/aromatic N) is 2. The van der Waals surface area contributed by atoms with Crippen molar-refractivity contribution in [3.63, 3.8) is 0 Å². The van der Waals surface area contributed by atoms with Crippen LogP contribution in [0.25, 0.3) is 0 Å². The largest absolute Gasteiger partial charge is 0.382 e. The summed E-state index contributed by atoms with van der Waals surface area (Å²) in [5, 5.41) is 3.20. The van der Waals surface area contributed by atoms with Gasteiger partial charge < -0.3 is 14.8 Å². The number of nitrogens with one attached hydrogen (secondary N) is 1. The van der Waals surface area contributed by atoms with Crippen LogP contribution in [0.4, 0.5) is 0 Å². The van der Waals surface area contributed by atoms with Crippen molar-refractivity contribution < 1.29 is 9.47 Å². The highest BCUT2D eigenvalue weighted by molar-refractivity contribution is 5.19. The Labute approximate surface area is 106 Å². The zero-order valence-electron chi connectivity index (χ0n) is 10.6. The summed E-state index contributed by atoms with van der Waals surface area (Å²) in [5.41, 5.74) is 1.78. The van der Waals surface area contributed by atoms with Gasteiger partial charge in [-0.25, -0.2) is 4.98 Å². The van der Waals surface area contributed by atoms with Gasteiger partial charge in [0.1, 0.15) is 0 Å². The molecule has 1 aliphatic rings. The lowest BCUT2D eigenvalue weighted by atomic mass is 10.1. The lowest BCUT2D eigenvalue weighted by molar-refractivity contribution is 0.0661. The van der Waals surface area contributed by atoms with E-state index < -0.39 is 0 Å². The van der Waals surface area contributed by atoms with Gasteiger partial charge in [0.2, 0.25) is 0 Å².